The number of carbonyl (C=O) groups is 1. The summed E-state index contributed by atoms with van der Waals surface area (Å²) in [7, 11) is 1.42. The molecule has 1 heterocycles. The molecule has 0 aromatic rings. The van der Waals surface area contributed by atoms with E-state index in [1.54, 1.807) is 0 Å². The van der Waals surface area contributed by atoms with Gasteiger partial charge >= 0.3 is 0 Å². The fourth-order valence-electron chi connectivity index (χ4n) is 1.19. The number of nitrogens with one attached hydrogen (secondary N) is 1. The van der Waals surface area contributed by atoms with E-state index >= 15 is 0 Å². The number of hydrogen-bond donors (Lipinski definition) is 1. The summed E-state index contributed by atoms with van der Waals surface area (Å²) < 4.78 is 0. The predicted molar refractivity (Wildman–Crippen MR) is 54.0 cm³/mol. The molecule has 0 aliphatic carbocycles. The van der Waals surface area contributed by atoms with Gasteiger partial charge in [0.1, 0.15) is 13.3 Å². The van der Waals surface area contributed by atoms with Gasteiger partial charge in [0, 0.05) is 11.8 Å². The van der Waals surface area contributed by atoms with E-state index < -0.39 is 0 Å². The Labute approximate surface area is 82.1 Å². The van der Waals surface area contributed by atoms with E-state index in [-0.39, 0.29) is 5.91 Å². The van der Waals surface area contributed by atoms with Crippen LogP contribution < -0.4 is 5.32 Å². The van der Waals surface area contributed by atoms with Gasteiger partial charge in [0.15, 0.2) is 0 Å². The van der Waals surface area contributed by atoms with Crippen LogP contribution in [-0.2, 0) is 9.63 Å². The van der Waals surface area contributed by atoms with Gasteiger partial charge in [-0.05, 0) is 18.6 Å². The Bertz CT molecular complexity index is 191. The second-order valence-corrected chi connectivity index (χ2v) is 3.99. The second kappa shape index (κ2) is 5.85. The molecule has 0 radical (unpaired) electrons. The number of hydrogen-bond acceptors (Lipinski definition) is 4. The highest BCUT2D eigenvalue weighted by atomic mass is 32.2. The third kappa shape index (κ3) is 4.17. The molecule has 0 saturated carbocycles. The molecule has 13 heavy (non-hydrogen) atoms. The minimum Gasteiger partial charge on any atom is -0.399 e. The Kier molecular flexibility index (Phi) is 4.67. The summed E-state index contributed by atoms with van der Waals surface area (Å²) in [4.78, 5) is 15.5. The summed E-state index contributed by atoms with van der Waals surface area (Å²) in [5, 5.41) is 6.26. The molecule has 0 aromatic heterocycles. The average Bonchev–Trinajstić information content (AvgIpc) is 2.16. The lowest BCUT2D eigenvalue weighted by Gasteiger charge is -2.21. The maximum absolute atomic E-state index is 11.1. The number of carbonyl (C=O) groups excluding carboxylic acids is 1. The summed E-state index contributed by atoms with van der Waals surface area (Å²) in [5.41, 5.74) is 0. The van der Waals surface area contributed by atoms with Crippen molar-refractivity contribution in [3.63, 3.8) is 0 Å². The highest BCUT2D eigenvalue weighted by Crippen LogP contribution is 2.16. The van der Waals surface area contributed by atoms with Gasteiger partial charge < -0.3 is 10.2 Å². The zero-order valence-electron chi connectivity index (χ0n) is 7.66. The van der Waals surface area contributed by atoms with E-state index in [1.807, 2.05) is 11.8 Å². The van der Waals surface area contributed by atoms with Crippen molar-refractivity contribution in [3.8, 4) is 0 Å². The molecule has 1 rings (SSSR count). The van der Waals surface area contributed by atoms with Gasteiger partial charge in [-0.25, -0.2) is 0 Å². The van der Waals surface area contributed by atoms with E-state index in [2.05, 4.69) is 15.3 Å². The molecule has 1 fully saturated rings. The zero-order chi connectivity index (χ0) is 9.52. The molecule has 1 aliphatic rings. The molecular weight excluding hydrogens is 188 g/mol. The first-order valence-electron chi connectivity index (χ1n) is 4.27. The minimum absolute atomic E-state index is 0.172. The van der Waals surface area contributed by atoms with Crippen molar-refractivity contribution in [1.29, 1.82) is 0 Å². The van der Waals surface area contributed by atoms with Crippen LogP contribution in [0.1, 0.15) is 12.8 Å². The van der Waals surface area contributed by atoms with Crippen LogP contribution in [0.2, 0.25) is 0 Å². The number of amides is 1. The van der Waals surface area contributed by atoms with Crippen molar-refractivity contribution in [2.45, 2.75) is 18.9 Å². The summed E-state index contributed by atoms with van der Waals surface area (Å²) in [6.45, 7) is 0. The van der Waals surface area contributed by atoms with Crippen molar-refractivity contribution >= 4 is 23.9 Å². The lowest BCUT2D eigenvalue weighted by Crippen LogP contribution is -2.38. The maximum Gasteiger partial charge on any atom is 0.266 e. The van der Waals surface area contributed by atoms with Gasteiger partial charge in [0.2, 0.25) is 0 Å². The van der Waals surface area contributed by atoms with Crippen LogP contribution in [0, 0.1) is 0 Å². The van der Waals surface area contributed by atoms with Crippen LogP contribution >= 0.6 is 11.8 Å². The van der Waals surface area contributed by atoms with Gasteiger partial charge in [0.05, 0.1) is 0 Å². The summed E-state index contributed by atoms with van der Waals surface area (Å²) in [6, 6.07) is 0.301. The topological polar surface area (TPSA) is 50.7 Å². The van der Waals surface area contributed by atoms with Crippen molar-refractivity contribution in [3.05, 3.63) is 0 Å². The Balaban J connectivity index is 2.22. The first kappa shape index (κ1) is 10.4. The summed E-state index contributed by atoms with van der Waals surface area (Å²) in [6.07, 6.45) is 3.41. The monoisotopic (exact) mass is 202 g/mol. The molecule has 4 nitrogen and oxygen atoms in total. The van der Waals surface area contributed by atoms with Crippen molar-refractivity contribution in [2.75, 3.05) is 18.6 Å². The average molecular weight is 202 g/mol. The van der Waals surface area contributed by atoms with Crippen LogP contribution in [0.5, 0.6) is 0 Å². The molecule has 0 bridgehead atoms. The van der Waals surface area contributed by atoms with E-state index in [9.17, 15) is 4.79 Å². The Morgan fingerprint density at radius 3 is 3.23 bits per heavy atom. The molecule has 1 saturated heterocycles. The van der Waals surface area contributed by atoms with E-state index in [0.717, 1.165) is 12.2 Å². The van der Waals surface area contributed by atoms with Crippen molar-refractivity contribution < 1.29 is 9.63 Å². The fraction of sp³-hybridized carbons (Fsp3) is 0.750. The number of rotatable bonds is 3. The molecule has 5 heteroatoms. The Morgan fingerprint density at radius 1 is 1.77 bits per heavy atom. The Hall–Kier alpha value is -0.710. The van der Waals surface area contributed by atoms with Gasteiger partial charge in [-0.15, -0.1) is 0 Å². The number of thioether (sulfide) groups is 1. The standard InChI is InChI=1S/C8H14N2O2S/c1-12-9-5-8(11)10-7-3-2-4-13-6-7/h5,7H,2-4,6H2,1H3,(H,10,11)/b9-5+. The van der Waals surface area contributed by atoms with Crippen LogP contribution in [0.25, 0.3) is 0 Å². The molecule has 1 atom stereocenters. The SMILES string of the molecule is CO/N=C/C(=O)NC1CCCSC1. The number of oxime groups is 1. The lowest BCUT2D eigenvalue weighted by atomic mass is 10.2. The Morgan fingerprint density at radius 2 is 2.62 bits per heavy atom. The van der Waals surface area contributed by atoms with Crippen molar-refractivity contribution in [2.24, 2.45) is 5.16 Å². The molecule has 1 aliphatic heterocycles. The van der Waals surface area contributed by atoms with E-state index in [0.29, 0.717) is 6.04 Å². The molecule has 1 unspecified atom stereocenters. The molecule has 1 amide bonds. The lowest BCUT2D eigenvalue weighted by molar-refractivity contribution is -0.115. The fourth-order valence-corrected chi connectivity index (χ4v) is 2.27. The maximum atomic E-state index is 11.1. The molecule has 0 spiro atoms. The smallest absolute Gasteiger partial charge is 0.266 e. The van der Waals surface area contributed by atoms with Gasteiger partial charge in [0.25, 0.3) is 5.91 Å². The molecule has 0 aromatic carbocycles. The second-order valence-electron chi connectivity index (χ2n) is 2.84. The number of nitrogens with zero attached hydrogens (tertiary/aromatic N) is 1. The molecule has 1 N–H and O–H groups in total. The summed E-state index contributed by atoms with van der Waals surface area (Å²) >= 11 is 1.88. The minimum atomic E-state index is -0.172. The van der Waals surface area contributed by atoms with Gasteiger partial charge in [-0.3, -0.25) is 4.79 Å². The highest BCUT2D eigenvalue weighted by Gasteiger charge is 2.14. The normalized spacial score (nSPS) is 23.0. The first-order valence-corrected chi connectivity index (χ1v) is 5.43. The van der Waals surface area contributed by atoms with Crippen LogP contribution in [-0.4, -0.2) is 36.8 Å². The highest BCUT2D eigenvalue weighted by molar-refractivity contribution is 7.99. The van der Waals surface area contributed by atoms with Crippen LogP contribution in [0.3, 0.4) is 0 Å². The zero-order valence-corrected chi connectivity index (χ0v) is 8.47. The van der Waals surface area contributed by atoms with Gasteiger partial charge in [-0.1, -0.05) is 5.16 Å². The summed E-state index contributed by atoms with van der Waals surface area (Å²) in [5.74, 6) is 2.04. The molecule has 74 valence electrons. The van der Waals surface area contributed by atoms with E-state index in [1.165, 1.54) is 25.5 Å². The van der Waals surface area contributed by atoms with Crippen LogP contribution in [0.4, 0.5) is 0 Å². The largest absolute Gasteiger partial charge is 0.399 e. The quantitative estimate of drug-likeness (QED) is 0.539. The van der Waals surface area contributed by atoms with Crippen molar-refractivity contribution in [1.82, 2.24) is 5.32 Å². The first-order chi connectivity index (χ1) is 6.33. The van der Waals surface area contributed by atoms with Crippen LogP contribution in [0.15, 0.2) is 5.16 Å². The third-order valence-corrected chi connectivity index (χ3v) is 3.00. The predicted octanol–water partition coefficient (Wildman–Crippen LogP) is 0.630. The third-order valence-electron chi connectivity index (χ3n) is 1.78. The molecular formula is C8H14N2O2S. The van der Waals surface area contributed by atoms with Gasteiger partial charge in [-0.2, -0.15) is 11.8 Å². The van der Waals surface area contributed by atoms with E-state index in [4.69, 9.17) is 0 Å².